The predicted molar refractivity (Wildman–Crippen MR) is 106 cm³/mol. The zero-order valence-electron chi connectivity index (χ0n) is 15.6. The number of carbonyl (C=O) groups is 1. The standard InChI is InChI=1S/C21H22N6O/c22-20(28)16-12-27(17-7-3-4-10-23-17)19-15(16)9-8-13-11-24-21(26-18(13)19)25-14-5-1-2-6-14/h3-4,7,10-12,14H,1-2,5-6,8-9H2,(H2,22,28)(H,24,25,26). The summed E-state index contributed by atoms with van der Waals surface area (Å²) in [7, 11) is 0. The van der Waals surface area contributed by atoms with Crippen molar-refractivity contribution in [1.29, 1.82) is 0 Å². The highest BCUT2D eigenvalue weighted by Gasteiger charge is 2.28. The largest absolute Gasteiger partial charge is 0.366 e. The number of rotatable bonds is 4. The minimum Gasteiger partial charge on any atom is -0.366 e. The first kappa shape index (κ1) is 16.9. The molecular weight excluding hydrogens is 352 g/mol. The topological polar surface area (TPSA) is 98.7 Å². The Bertz CT molecular complexity index is 1040. The fraction of sp³-hybridized carbons (Fsp3) is 0.333. The predicted octanol–water partition coefficient (Wildman–Crippen LogP) is 2.88. The highest BCUT2D eigenvalue weighted by atomic mass is 16.1. The van der Waals surface area contributed by atoms with E-state index in [4.69, 9.17) is 10.7 Å². The molecule has 0 aliphatic heterocycles. The fourth-order valence-electron chi connectivity index (χ4n) is 4.32. The summed E-state index contributed by atoms with van der Waals surface area (Å²) in [6.07, 6.45) is 11.8. The number of aryl methyl sites for hydroxylation is 1. The summed E-state index contributed by atoms with van der Waals surface area (Å²) in [6, 6.07) is 6.15. The number of carbonyl (C=O) groups excluding carboxylic acids is 1. The maximum atomic E-state index is 12.1. The molecule has 3 aromatic rings. The van der Waals surface area contributed by atoms with Crippen LogP contribution in [0, 0.1) is 0 Å². The molecule has 2 aliphatic carbocycles. The third kappa shape index (κ3) is 2.83. The molecule has 3 N–H and O–H groups in total. The van der Waals surface area contributed by atoms with Gasteiger partial charge in [0.15, 0.2) is 0 Å². The lowest BCUT2D eigenvalue weighted by molar-refractivity contribution is 0.0999. The van der Waals surface area contributed by atoms with Crippen LogP contribution in [0.2, 0.25) is 0 Å². The van der Waals surface area contributed by atoms with E-state index >= 15 is 0 Å². The molecule has 7 heteroatoms. The van der Waals surface area contributed by atoms with E-state index in [0.29, 0.717) is 17.6 Å². The van der Waals surface area contributed by atoms with Gasteiger partial charge < -0.3 is 11.1 Å². The summed E-state index contributed by atoms with van der Waals surface area (Å²) >= 11 is 0. The molecule has 0 aromatic carbocycles. The Morgan fingerprint density at radius 3 is 2.79 bits per heavy atom. The normalized spacial score (nSPS) is 15.9. The maximum Gasteiger partial charge on any atom is 0.250 e. The number of fused-ring (bicyclic) bond motifs is 3. The molecule has 7 nitrogen and oxygen atoms in total. The third-order valence-electron chi connectivity index (χ3n) is 5.69. The van der Waals surface area contributed by atoms with Crippen molar-refractivity contribution in [2.24, 2.45) is 5.73 Å². The van der Waals surface area contributed by atoms with Gasteiger partial charge in [-0.1, -0.05) is 18.9 Å². The molecule has 28 heavy (non-hydrogen) atoms. The van der Waals surface area contributed by atoms with Gasteiger partial charge in [0.1, 0.15) is 5.82 Å². The molecule has 1 amide bonds. The van der Waals surface area contributed by atoms with Crippen LogP contribution < -0.4 is 11.1 Å². The highest BCUT2D eigenvalue weighted by Crippen LogP contribution is 2.37. The number of nitrogens with two attached hydrogens (primary N) is 1. The number of aromatic nitrogens is 4. The van der Waals surface area contributed by atoms with E-state index in [1.807, 2.05) is 29.0 Å². The molecule has 142 valence electrons. The number of pyridine rings is 1. The number of hydrogen-bond donors (Lipinski definition) is 2. The molecule has 2 aliphatic rings. The second-order valence-corrected chi connectivity index (χ2v) is 7.49. The van der Waals surface area contributed by atoms with Gasteiger partial charge in [-0.25, -0.2) is 15.0 Å². The maximum absolute atomic E-state index is 12.1. The molecular formula is C21H22N6O. The van der Waals surface area contributed by atoms with Crippen molar-refractivity contribution < 1.29 is 4.79 Å². The van der Waals surface area contributed by atoms with Gasteiger partial charge in [-0.05, 0) is 48.9 Å². The first-order valence-corrected chi connectivity index (χ1v) is 9.79. The smallest absolute Gasteiger partial charge is 0.250 e. The molecule has 1 fully saturated rings. The Morgan fingerprint density at radius 2 is 2.04 bits per heavy atom. The molecule has 0 radical (unpaired) electrons. The lowest BCUT2D eigenvalue weighted by atomic mass is 9.92. The summed E-state index contributed by atoms with van der Waals surface area (Å²) < 4.78 is 1.93. The van der Waals surface area contributed by atoms with Gasteiger partial charge in [0, 0.05) is 24.6 Å². The van der Waals surface area contributed by atoms with Crippen LogP contribution in [0.5, 0.6) is 0 Å². The van der Waals surface area contributed by atoms with Gasteiger partial charge in [-0.2, -0.15) is 0 Å². The fourth-order valence-corrected chi connectivity index (χ4v) is 4.32. The molecule has 0 bridgehead atoms. The van der Waals surface area contributed by atoms with Crippen molar-refractivity contribution in [2.75, 3.05) is 5.32 Å². The number of nitrogens with zero attached hydrogens (tertiary/aromatic N) is 4. The Labute approximate surface area is 163 Å². The summed E-state index contributed by atoms with van der Waals surface area (Å²) in [5.74, 6) is 0.962. The Kier molecular flexibility index (Phi) is 4.07. The average Bonchev–Trinajstić information content (AvgIpc) is 3.36. The average molecular weight is 374 g/mol. The van der Waals surface area contributed by atoms with Crippen LogP contribution in [-0.2, 0) is 12.8 Å². The van der Waals surface area contributed by atoms with Crippen molar-refractivity contribution in [3.05, 3.63) is 53.5 Å². The molecule has 3 heterocycles. The van der Waals surface area contributed by atoms with Crippen molar-refractivity contribution >= 4 is 11.9 Å². The van der Waals surface area contributed by atoms with E-state index in [1.165, 1.54) is 12.8 Å². The Balaban J connectivity index is 1.65. The minimum atomic E-state index is -0.423. The summed E-state index contributed by atoms with van der Waals surface area (Å²) in [6.45, 7) is 0. The van der Waals surface area contributed by atoms with E-state index in [1.54, 1.807) is 12.4 Å². The first-order chi connectivity index (χ1) is 13.7. The molecule has 0 spiro atoms. The van der Waals surface area contributed by atoms with Crippen molar-refractivity contribution in [2.45, 2.75) is 44.6 Å². The van der Waals surface area contributed by atoms with Gasteiger partial charge in [0.05, 0.1) is 17.0 Å². The number of hydrogen-bond acceptors (Lipinski definition) is 5. The van der Waals surface area contributed by atoms with Gasteiger partial charge in [0.2, 0.25) is 5.95 Å². The Hall–Kier alpha value is -3.22. The summed E-state index contributed by atoms with van der Waals surface area (Å²) in [5.41, 5.74) is 9.98. The lowest BCUT2D eigenvalue weighted by Crippen LogP contribution is -2.19. The minimum absolute atomic E-state index is 0.423. The van der Waals surface area contributed by atoms with Crippen LogP contribution in [-0.4, -0.2) is 31.5 Å². The zero-order valence-corrected chi connectivity index (χ0v) is 15.6. The molecule has 0 atom stereocenters. The molecule has 5 rings (SSSR count). The number of primary amides is 1. The molecule has 1 saturated carbocycles. The number of nitrogens with one attached hydrogen (secondary N) is 1. The molecule has 0 saturated heterocycles. The van der Waals surface area contributed by atoms with Gasteiger partial charge >= 0.3 is 0 Å². The SMILES string of the molecule is NC(=O)c1cn(-c2ccccn2)c2c1CCc1cnc(NC3CCCC3)nc1-2. The van der Waals surface area contributed by atoms with E-state index in [0.717, 1.165) is 54.0 Å². The zero-order chi connectivity index (χ0) is 19.1. The van der Waals surface area contributed by atoms with Crippen LogP contribution in [0.3, 0.4) is 0 Å². The van der Waals surface area contributed by atoms with E-state index in [2.05, 4.69) is 15.3 Å². The quantitative estimate of drug-likeness (QED) is 0.732. The van der Waals surface area contributed by atoms with Crippen molar-refractivity contribution in [3.63, 3.8) is 0 Å². The monoisotopic (exact) mass is 374 g/mol. The Morgan fingerprint density at radius 1 is 1.18 bits per heavy atom. The van der Waals surface area contributed by atoms with Crippen molar-refractivity contribution in [3.8, 4) is 17.2 Å². The van der Waals surface area contributed by atoms with Crippen LogP contribution in [0.1, 0.15) is 47.2 Å². The van der Waals surface area contributed by atoms with Crippen LogP contribution in [0.4, 0.5) is 5.95 Å². The van der Waals surface area contributed by atoms with Gasteiger partial charge in [-0.15, -0.1) is 0 Å². The summed E-state index contributed by atoms with van der Waals surface area (Å²) in [4.78, 5) is 25.9. The van der Waals surface area contributed by atoms with E-state index in [-0.39, 0.29) is 0 Å². The third-order valence-corrected chi connectivity index (χ3v) is 5.69. The van der Waals surface area contributed by atoms with E-state index in [9.17, 15) is 4.79 Å². The lowest BCUT2D eigenvalue weighted by Gasteiger charge is -2.20. The molecule has 0 unspecified atom stereocenters. The van der Waals surface area contributed by atoms with Gasteiger partial charge in [-0.3, -0.25) is 9.36 Å². The molecule has 3 aromatic heterocycles. The van der Waals surface area contributed by atoms with Crippen LogP contribution in [0.25, 0.3) is 17.2 Å². The van der Waals surface area contributed by atoms with E-state index < -0.39 is 5.91 Å². The van der Waals surface area contributed by atoms with Crippen molar-refractivity contribution in [1.82, 2.24) is 19.5 Å². The highest BCUT2D eigenvalue weighted by molar-refractivity contribution is 5.97. The summed E-state index contributed by atoms with van der Waals surface area (Å²) in [5, 5.41) is 3.47. The first-order valence-electron chi connectivity index (χ1n) is 9.79. The second kappa shape index (κ2) is 6.74. The second-order valence-electron chi connectivity index (χ2n) is 7.49. The van der Waals surface area contributed by atoms with Gasteiger partial charge in [0.25, 0.3) is 5.91 Å². The van der Waals surface area contributed by atoms with Crippen LogP contribution in [0.15, 0.2) is 36.8 Å². The van der Waals surface area contributed by atoms with Crippen LogP contribution >= 0.6 is 0 Å². The number of anilines is 1. The number of amides is 1.